The van der Waals surface area contributed by atoms with Gasteiger partial charge in [-0.2, -0.15) is 8.78 Å². The van der Waals surface area contributed by atoms with E-state index in [9.17, 15) is 18.0 Å². The molecular weight excluding hydrogens is 391 g/mol. The van der Waals surface area contributed by atoms with Crippen LogP contribution in [0.15, 0.2) is 28.8 Å². The monoisotopic (exact) mass is 413 g/mol. The highest BCUT2D eigenvalue weighted by Crippen LogP contribution is 2.30. The number of amides is 1. The summed E-state index contributed by atoms with van der Waals surface area (Å²) < 4.78 is 49.2. The molecule has 10 heteroatoms. The number of benzene rings is 1. The van der Waals surface area contributed by atoms with Crippen LogP contribution in [0.2, 0.25) is 0 Å². The molecule has 0 aliphatic carbocycles. The Labute approximate surface area is 165 Å². The van der Waals surface area contributed by atoms with Crippen LogP contribution >= 0.6 is 0 Å². The lowest BCUT2D eigenvalue weighted by molar-refractivity contribution is -0.160. The van der Waals surface area contributed by atoms with Gasteiger partial charge in [-0.3, -0.25) is 4.79 Å². The zero-order chi connectivity index (χ0) is 21.0. The number of carbonyl (C=O) groups is 1. The first-order chi connectivity index (χ1) is 13.8. The van der Waals surface area contributed by atoms with Gasteiger partial charge < -0.3 is 24.6 Å². The van der Waals surface area contributed by atoms with Gasteiger partial charge in [-0.1, -0.05) is 5.16 Å². The number of hydrogen-bond acceptors (Lipinski definition) is 6. The van der Waals surface area contributed by atoms with Gasteiger partial charge in [0.2, 0.25) is 5.88 Å². The summed E-state index contributed by atoms with van der Waals surface area (Å²) in [5, 5.41) is 15.7. The predicted octanol–water partition coefficient (Wildman–Crippen LogP) is 3.23. The molecule has 0 unspecified atom stereocenters. The molecule has 1 amide bonds. The van der Waals surface area contributed by atoms with Crippen molar-refractivity contribution in [2.24, 2.45) is 0 Å². The van der Waals surface area contributed by atoms with Gasteiger partial charge in [0.25, 0.3) is 5.91 Å². The number of halogens is 3. The van der Waals surface area contributed by atoms with Crippen molar-refractivity contribution < 1.29 is 32.3 Å². The number of nitrogens with zero attached hydrogens (tertiary/aromatic N) is 2. The van der Waals surface area contributed by atoms with Crippen LogP contribution in [-0.2, 0) is 0 Å². The van der Waals surface area contributed by atoms with Crippen LogP contribution in [0.3, 0.4) is 0 Å². The third kappa shape index (κ3) is 5.41. The Morgan fingerprint density at radius 1 is 1.38 bits per heavy atom. The number of ether oxygens (including phenoxy) is 1. The first-order valence-electron chi connectivity index (χ1n) is 9.24. The number of likely N-dealkylation sites (tertiary alicyclic amines) is 1. The number of aliphatic hydroxyl groups is 1. The van der Waals surface area contributed by atoms with Gasteiger partial charge in [-0.25, -0.2) is 4.39 Å². The molecule has 1 aliphatic heterocycles. The fourth-order valence-electron chi connectivity index (χ4n) is 3.21. The maximum atomic E-state index is 14.0. The van der Waals surface area contributed by atoms with E-state index < -0.39 is 17.7 Å². The van der Waals surface area contributed by atoms with Crippen molar-refractivity contribution in [3.8, 4) is 5.75 Å². The molecule has 1 aromatic carbocycles. The zero-order valence-electron chi connectivity index (χ0n) is 15.8. The van der Waals surface area contributed by atoms with Crippen molar-refractivity contribution in [3.05, 3.63) is 41.3 Å². The SMILES string of the molecule is CC(F)(F)Oc1ccc(C(=O)N2CCC(c3cc(NCCO)on3)CC2)cc1F. The van der Waals surface area contributed by atoms with Crippen molar-refractivity contribution in [1.29, 1.82) is 0 Å². The maximum Gasteiger partial charge on any atom is 0.395 e. The number of hydrogen-bond donors (Lipinski definition) is 2. The molecule has 2 N–H and O–H groups in total. The van der Waals surface area contributed by atoms with Crippen LogP contribution in [-0.4, -0.2) is 53.4 Å². The van der Waals surface area contributed by atoms with Gasteiger partial charge in [0, 0.05) is 44.1 Å². The van der Waals surface area contributed by atoms with Gasteiger partial charge in [0.05, 0.1) is 12.3 Å². The van der Waals surface area contributed by atoms with Gasteiger partial charge in [-0.15, -0.1) is 0 Å². The molecule has 2 heterocycles. The number of aromatic nitrogens is 1. The van der Waals surface area contributed by atoms with Gasteiger partial charge in [0.1, 0.15) is 0 Å². The predicted molar refractivity (Wildman–Crippen MR) is 97.6 cm³/mol. The fraction of sp³-hybridized carbons (Fsp3) is 0.474. The van der Waals surface area contributed by atoms with Gasteiger partial charge >= 0.3 is 6.11 Å². The highest BCUT2D eigenvalue weighted by molar-refractivity contribution is 5.94. The van der Waals surface area contributed by atoms with Crippen LogP contribution < -0.4 is 10.1 Å². The summed E-state index contributed by atoms with van der Waals surface area (Å²) in [6.07, 6.45) is -2.20. The van der Waals surface area contributed by atoms with Crippen molar-refractivity contribution in [1.82, 2.24) is 10.1 Å². The number of aliphatic hydroxyl groups excluding tert-OH is 1. The first kappa shape index (κ1) is 21.0. The van der Waals surface area contributed by atoms with E-state index in [2.05, 4.69) is 15.2 Å². The minimum absolute atomic E-state index is 0.0227. The Kier molecular flexibility index (Phi) is 6.31. The van der Waals surface area contributed by atoms with E-state index in [0.717, 1.165) is 17.8 Å². The topological polar surface area (TPSA) is 87.8 Å². The van der Waals surface area contributed by atoms with Gasteiger partial charge in [0.15, 0.2) is 11.6 Å². The van der Waals surface area contributed by atoms with Crippen molar-refractivity contribution in [3.63, 3.8) is 0 Å². The lowest BCUT2D eigenvalue weighted by Gasteiger charge is -2.31. The minimum atomic E-state index is -3.51. The average molecular weight is 413 g/mol. The molecular formula is C19H22F3N3O4. The molecule has 7 nitrogen and oxygen atoms in total. The Morgan fingerprint density at radius 2 is 2.10 bits per heavy atom. The third-order valence-electron chi connectivity index (χ3n) is 4.61. The van der Waals surface area contributed by atoms with Crippen molar-refractivity contribution in [2.45, 2.75) is 31.8 Å². The molecule has 1 fully saturated rings. The number of nitrogens with one attached hydrogen (secondary N) is 1. The summed E-state index contributed by atoms with van der Waals surface area (Å²) in [5.74, 6) is -1.40. The van der Waals surface area contributed by atoms with Crippen LogP contribution in [0.5, 0.6) is 5.75 Å². The number of alkyl halides is 2. The molecule has 0 atom stereocenters. The summed E-state index contributed by atoms with van der Waals surface area (Å²) in [4.78, 5) is 14.2. The Morgan fingerprint density at radius 3 is 2.72 bits per heavy atom. The molecule has 1 saturated heterocycles. The van der Waals surface area contributed by atoms with Crippen molar-refractivity contribution in [2.75, 3.05) is 31.6 Å². The smallest absolute Gasteiger partial charge is 0.395 e. The second kappa shape index (κ2) is 8.73. The highest BCUT2D eigenvalue weighted by Gasteiger charge is 2.28. The Hall–Kier alpha value is -2.75. The molecule has 158 valence electrons. The average Bonchev–Trinajstić information content (AvgIpc) is 3.15. The second-order valence-electron chi connectivity index (χ2n) is 6.89. The molecule has 0 spiro atoms. The van der Waals surface area contributed by atoms with Crippen LogP contribution in [0.4, 0.5) is 19.1 Å². The van der Waals surface area contributed by atoms with E-state index in [1.165, 1.54) is 6.07 Å². The van der Waals surface area contributed by atoms with E-state index in [0.29, 0.717) is 45.3 Å². The lowest BCUT2D eigenvalue weighted by Crippen LogP contribution is -2.38. The summed E-state index contributed by atoms with van der Waals surface area (Å²) in [6, 6.07) is 4.99. The summed E-state index contributed by atoms with van der Waals surface area (Å²) in [5.41, 5.74) is 0.843. The maximum absolute atomic E-state index is 14.0. The first-order valence-corrected chi connectivity index (χ1v) is 9.24. The number of rotatable bonds is 7. The number of carbonyl (C=O) groups excluding carboxylic acids is 1. The van der Waals surface area contributed by atoms with E-state index in [-0.39, 0.29) is 24.0 Å². The molecule has 1 aliphatic rings. The minimum Gasteiger partial charge on any atom is -0.430 e. The zero-order valence-corrected chi connectivity index (χ0v) is 15.8. The van der Waals surface area contributed by atoms with Crippen LogP contribution in [0, 0.1) is 5.82 Å². The van der Waals surface area contributed by atoms with Gasteiger partial charge in [-0.05, 0) is 31.0 Å². The van der Waals surface area contributed by atoms with Crippen LogP contribution in [0.1, 0.15) is 41.7 Å². The Bertz CT molecular complexity index is 845. The third-order valence-corrected chi connectivity index (χ3v) is 4.61. The lowest BCUT2D eigenvalue weighted by atomic mass is 9.93. The normalized spacial score (nSPS) is 15.4. The standard InChI is InChI=1S/C19H22F3N3O4/c1-19(21,22)28-16-3-2-13(10-14(16)20)18(27)25-7-4-12(5-8-25)15-11-17(29-24-15)23-6-9-26/h2-3,10-12,23,26H,4-9H2,1H3. The van der Waals surface area contributed by atoms with E-state index >= 15 is 0 Å². The fourth-order valence-corrected chi connectivity index (χ4v) is 3.21. The second-order valence-corrected chi connectivity index (χ2v) is 6.89. The highest BCUT2D eigenvalue weighted by atomic mass is 19.3. The molecule has 0 radical (unpaired) electrons. The Balaban J connectivity index is 1.58. The molecule has 2 aromatic rings. The molecule has 1 aromatic heterocycles. The molecule has 0 bridgehead atoms. The van der Waals surface area contributed by atoms with Crippen LogP contribution in [0.25, 0.3) is 0 Å². The van der Waals surface area contributed by atoms with E-state index in [1.807, 2.05) is 0 Å². The van der Waals surface area contributed by atoms with E-state index in [1.54, 1.807) is 11.0 Å². The summed E-state index contributed by atoms with van der Waals surface area (Å²) in [7, 11) is 0. The van der Waals surface area contributed by atoms with E-state index in [4.69, 9.17) is 9.63 Å². The quantitative estimate of drug-likeness (QED) is 0.725. The number of anilines is 1. The summed E-state index contributed by atoms with van der Waals surface area (Å²) >= 11 is 0. The largest absolute Gasteiger partial charge is 0.430 e. The number of piperidine rings is 1. The molecule has 3 rings (SSSR count). The summed E-state index contributed by atoms with van der Waals surface area (Å²) in [6.45, 7) is 1.74. The molecule has 29 heavy (non-hydrogen) atoms. The molecule has 0 saturated carbocycles. The van der Waals surface area contributed by atoms with Crippen molar-refractivity contribution >= 4 is 11.8 Å².